The third-order valence-electron chi connectivity index (χ3n) is 3.66. The zero-order chi connectivity index (χ0) is 14.8. The van der Waals surface area contributed by atoms with Gasteiger partial charge in [-0.05, 0) is 36.2 Å². The zero-order valence-electron chi connectivity index (χ0n) is 12.0. The molecule has 2 N–H and O–H groups in total. The summed E-state index contributed by atoms with van der Waals surface area (Å²) < 4.78 is 0. The molecule has 0 saturated heterocycles. The highest BCUT2D eigenvalue weighted by molar-refractivity contribution is 8.01. The fourth-order valence-corrected chi connectivity index (χ4v) is 3.66. The van der Waals surface area contributed by atoms with Gasteiger partial charge in [-0.2, -0.15) is 0 Å². The van der Waals surface area contributed by atoms with Crippen molar-refractivity contribution in [2.24, 2.45) is 0 Å². The van der Waals surface area contributed by atoms with Gasteiger partial charge in [-0.25, -0.2) is 0 Å². The minimum Gasteiger partial charge on any atom is -0.399 e. The summed E-state index contributed by atoms with van der Waals surface area (Å²) in [7, 11) is 0. The van der Waals surface area contributed by atoms with Gasteiger partial charge in [0.15, 0.2) is 0 Å². The Morgan fingerprint density at radius 2 is 1.86 bits per heavy atom. The van der Waals surface area contributed by atoms with Crippen molar-refractivity contribution in [1.29, 1.82) is 0 Å². The van der Waals surface area contributed by atoms with E-state index < -0.39 is 0 Å². The number of para-hydroxylation sites is 1. The van der Waals surface area contributed by atoms with Crippen molar-refractivity contribution in [2.75, 3.05) is 10.6 Å². The molecular formula is C17H18N2OS. The van der Waals surface area contributed by atoms with E-state index in [0.29, 0.717) is 6.54 Å². The highest BCUT2D eigenvalue weighted by Gasteiger charge is 2.32. The van der Waals surface area contributed by atoms with Gasteiger partial charge in [0, 0.05) is 10.6 Å². The lowest BCUT2D eigenvalue weighted by molar-refractivity contribution is -0.118. The number of nitrogen functional groups attached to an aromatic ring is 1. The summed E-state index contributed by atoms with van der Waals surface area (Å²) in [6, 6.07) is 15.8. The molecule has 108 valence electrons. The summed E-state index contributed by atoms with van der Waals surface area (Å²) in [4.78, 5) is 15.7. The summed E-state index contributed by atoms with van der Waals surface area (Å²) >= 11 is 1.67. The van der Waals surface area contributed by atoms with Crippen LogP contribution >= 0.6 is 11.8 Å². The van der Waals surface area contributed by atoms with Gasteiger partial charge in [0.2, 0.25) is 5.91 Å². The molecule has 0 radical (unpaired) electrons. The first kappa shape index (κ1) is 14.0. The SMILES string of the molecule is CCC1Sc2ccccc2N(Cc2ccc(N)cc2)C1=O. The molecule has 1 unspecified atom stereocenters. The number of nitrogens with zero attached hydrogens (tertiary/aromatic N) is 1. The molecule has 1 atom stereocenters. The van der Waals surface area contributed by atoms with Gasteiger partial charge in [-0.15, -0.1) is 11.8 Å². The van der Waals surface area contributed by atoms with E-state index in [1.807, 2.05) is 47.4 Å². The number of rotatable bonds is 3. The molecule has 0 spiro atoms. The van der Waals surface area contributed by atoms with Gasteiger partial charge in [0.25, 0.3) is 0 Å². The van der Waals surface area contributed by atoms with Gasteiger partial charge >= 0.3 is 0 Å². The maximum Gasteiger partial charge on any atom is 0.240 e. The molecule has 2 aromatic rings. The Hall–Kier alpha value is -1.94. The van der Waals surface area contributed by atoms with Crippen molar-refractivity contribution in [3.05, 3.63) is 54.1 Å². The molecule has 3 nitrogen and oxygen atoms in total. The van der Waals surface area contributed by atoms with Gasteiger partial charge < -0.3 is 10.6 Å². The van der Waals surface area contributed by atoms with E-state index in [9.17, 15) is 4.79 Å². The van der Waals surface area contributed by atoms with Crippen molar-refractivity contribution >= 4 is 29.0 Å². The lowest BCUT2D eigenvalue weighted by atomic mass is 10.1. The van der Waals surface area contributed by atoms with Crippen LogP contribution in [0.25, 0.3) is 0 Å². The number of benzene rings is 2. The average molecular weight is 298 g/mol. The zero-order valence-corrected chi connectivity index (χ0v) is 12.8. The summed E-state index contributed by atoms with van der Waals surface area (Å²) in [5, 5.41) is 0.00804. The predicted octanol–water partition coefficient (Wildman–Crippen LogP) is 3.69. The number of hydrogen-bond acceptors (Lipinski definition) is 3. The number of fused-ring (bicyclic) bond motifs is 1. The standard InChI is InChI=1S/C17H18N2OS/c1-2-15-17(20)19(11-12-7-9-13(18)10-8-12)14-5-3-4-6-16(14)21-15/h3-10,15H,2,11,18H2,1H3. The Morgan fingerprint density at radius 3 is 2.57 bits per heavy atom. The van der Waals surface area contributed by atoms with Crippen molar-refractivity contribution in [2.45, 2.75) is 30.0 Å². The highest BCUT2D eigenvalue weighted by atomic mass is 32.2. The molecule has 3 rings (SSSR count). The maximum absolute atomic E-state index is 12.7. The Labute approximate surface area is 129 Å². The van der Waals surface area contributed by atoms with Crippen LogP contribution in [0.15, 0.2) is 53.4 Å². The van der Waals surface area contributed by atoms with Crippen molar-refractivity contribution in [3.63, 3.8) is 0 Å². The first-order valence-corrected chi connectivity index (χ1v) is 7.98. The predicted molar refractivity (Wildman–Crippen MR) is 88.4 cm³/mol. The van der Waals surface area contributed by atoms with Gasteiger partial charge in [0.1, 0.15) is 0 Å². The van der Waals surface area contributed by atoms with E-state index in [1.54, 1.807) is 11.8 Å². The Morgan fingerprint density at radius 1 is 1.14 bits per heavy atom. The Kier molecular flexibility index (Phi) is 3.88. The molecule has 0 fully saturated rings. The number of carbonyl (C=O) groups excluding carboxylic acids is 1. The van der Waals surface area contributed by atoms with Crippen molar-refractivity contribution < 1.29 is 4.79 Å². The third-order valence-corrected chi connectivity index (χ3v) is 5.08. The third kappa shape index (κ3) is 2.76. The van der Waals surface area contributed by atoms with Gasteiger partial charge in [-0.3, -0.25) is 4.79 Å². The summed E-state index contributed by atoms with van der Waals surface area (Å²) in [5.41, 5.74) is 8.57. The van der Waals surface area contributed by atoms with Crippen LogP contribution < -0.4 is 10.6 Å². The van der Waals surface area contributed by atoms with Crippen molar-refractivity contribution in [1.82, 2.24) is 0 Å². The van der Waals surface area contributed by atoms with E-state index in [2.05, 4.69) is 13.0 Å². The first-order chi connectivity index (χ1) is 10.2. The summed E-state index contributed by atoms with van der Waals surface area (Å²) in [6.07, 6.45) is 0.843. The van der Waals surface area contributed by atoms with Crippen molar-refractivity contribution in [3.8, 4) is 0 Å². The van der Waals surface area contributed by atoms with E-state index in [0.717, 1.165) is 23.4 Å². The van der Waals surface area contributed by atoms with Crippen LogP contribution in [0.1, 0.15) is 18.9 Å². The Bertz CT molecular complexity index is 654. The second-order valence-corrected chi connectivity index (χ2v) is 6.39. The molecule has 0 saturated carbocycles. The van der Waals surface area contributed by atoms with Crippen LogP contribution in [0.3, 0.4) is 0 Å². The summed E-state index contributed by atoms with van der Waals surface area (Å²) in [5.74, 6) is 0.193. The van der Waals surface area contributed by atoms with Crippen LogP contribution in [0.5, 0.6) is 0 Å². The summed E-state index contributed by atoms with van der Waals surface area (Å²) in [6.45, 7) is 2.65. The fraction of sp³-hybridized carbons (Fsp3) is 0.235. The quantitative estimate of drug-likeness (QED) is 0.879. The maximum atomic E-state index is 12.7. The largest absolute Gasteiger partial charge is 0.399 e. The smallest absolute Gasteiger partial charge is 0.240 e. The molecule has 2 aromatic carbocycles. The molecule has 1 aliphatic rings. The number of thioether (sulfide) groups is 1. The molecule has 1 aliphatic heterocycles. The van der Waals surface area contributed by atoms with E-state index in [-0.39, 0.29) is 11.2 Å². The van der Waals surface area contributed by atoms with Crippen LogP contribution in [0.2, 0.25) is 0 Å². The molecule has 0 aromatic heterocycles. The minimum atomic E-state index is 0.00804. The second kappa shape index (κ2) is 5.82. The minimum absolute atomic E-state index is 0.00804. The number of nitrogens with two attached hydrogens (primary N) is 1. The normalized spacial score (nSPS) is 17.7. The number of carbonyl (C=O) groups is 1. The van der Waals surface area contributed by atoms with Gasteiger partial charge in [-0.1, -0.05) is 31.2 Å². The average Bonchev–Trinajstić information content (AvgIpc) is 2.51. The molecular weight excluding hydrogens is 280 g/mol. The van der Waals surface area contributed by atoms with Crippen LogP contribution in [-0.4, -0.2) is 11.2 Å². The topological polar surface area (TPSA) is 46.3 Å². The first-order valence-electron chi connectivity index (χ1n) is 7.10. The van der Waals surface area contributed by atoms with Crippen LogP contribution in [-0.2, 0) is 11.3 Å². The highest BCUT2D eigenvalue weighted by Crippen LogP contribution is 2.40. The van der Waals surface area contributed by atoms with E-state index >= 15 is 0 Å². The van der Waals surface area contributed by atoms with Gasteiger partial charge in [0.05, 0.1) is 17.5 Å². The number of hydrogen-bond donors (Lipinski definition) is 1. The van der Waals surface area contributed by atoms with E-state index in [1.165, 1.54) is 4.90 Å². The molecule has 0 bridgehead atoms. The second-order valence-electron chi connectivity index (χ2n) is 5.15. The molecule has 0 aliphatic carbocycles. The number of anilines is 2. The molecule has 1 amide bonds. The fourth-order valence-electron chi connectivity index (χ4n) is 2.50. The molecule has 21 heavy (non-hydrogen) atoms. The molecule has 1 heterocycles. The molecule has 4 heteroatoms. The lowest BCUT2D eigenvalue weighted by Gasteiger charge is -2.33. The van der Waals surface area contributed by atoms with Crippen LogP contribution in [0.4, 0.5) is 11.4 Å². The van der Waals surface area contributed by atoms with Crippen LogP contribution in [0, 0.1) is 0 Å². The lowest BCUT2D eigenvalue weighted by Crippen LogP contribution is -2.40. The number of amides is 1. The van der Waals surface area contributed by atoms with E-state index in [4.69, 9.17) is 5.73 Å². The Balaban J connectivity index is 1.95. The monoisotopic (exact) mass is 298 g/mol.